The molecule has 2 fully saturated rings. The molecule has 0 bridgehead atoms. The highest BCUT2D eigenvalue weighted by atomic mass is 79.9. The number of amides is 2. The van der Waals surface area contributed by atoms with Crippen LogP contribution < -0.4 is 14.5 Å². The summed E-state index contributed by atoms with van der Waals surface area (Å²) < 4.78 is 5.95. The van der Waals surface area contributed by atoms with Crippen molar-refractivity contribution in [3.05, 3.63) is 93.4 Å². The van der Waals surface area contributed by atoms with Crippen LogP contribution in [-0.4, -0.2) is 36.8 Å². The molecule has 180 valence electrons. The Morgan fingerprint density at radius 1 is 0.944 bits per heavy atom. The van der Waals surface area contributed by atoms with Crippen LogP contribution >= 0.6 is 27.5 Å². The number of carbonyl (C=O) groups excluding carboxylic acids is 3. The summed E-state index contributed by atoms with van der Waals surface area (Å²) in [7, 11) is 1.55. The largest absolute Gasteiger partial charge is 0.496 e. The molecule has 3 aromatic carbocycles. The maximum Gasteiger partial charge on any atom is 0.240 e. The second-order valence-corrected chi connectivity index (χ2v) is 10.3. The Morgan fingerprint density at radius 3 is 2.36 bits per heavy atom. The van der Waals surface area contributed by atoms with E-state index in [0.717, 1.165) is 16.2 Å². The minimum Gasteiger partial charge on any atom is -0.496 e. The van der Waals surface area contributed by atoms with Crippen molar-refractivity contribution in [3.8, 4) is 5.75 Å². The van der Waals surface area contributed by atoms with Gasteiger partial charge in [-0.1, -0.05) is 54.1 Å². The zero-order valence-corrected chi connectivity index (χ0v) is 21.4. The number of carbonyl (C=O) groups is 3. The van der Waals surface area contributed by atoms with Gasteiger partial charge in [-0.2, -0.15) is 0 Å². The van der Waals surface area contributed by atoms with Gasteiger partial charge >= 0.3 is 0 Å². The van der Waals surface area contributed by atoms with Gasteiger partial charge in [0.05, 0.1) is 40.2 Å². The summed E-state index contributed by atoms with van der Waals surface area (Å²) in [6.45, 7) is 0. The maximum absolute atomic E-state index is 14.1. The summed E-state index contributed by atoms with van der Waals surface area (Å²) in [4.78, 5) is 45.0. The monoisotopic (exact) mass is 562 g/mol. The van der Waals surface area contributed by atoms with E-state index in [-0.39, 0.29) is 11.7 Å². The van der Waals surface area contributed by atoms with E-state index in [1.165, 1.54) is 0 Å². The first kappa shape index (κ1) is 23.0. The Bertz CT molecular complexity index is 1470. The van der Waals surface area contributed by atoms with Crippen molar-refractivity contribution in [3.63, 3.8) is 0 Å². The Hall–Kier alpha value is -3.42. The average Bonchev–Trinajstić information content (AvgIpc) is 3.36. The highest BCUT2D eigenvalue weighted by Crippen LogP contribution is 2.50. The van der Waals surface area contributed by atoms with Gasteiger partial charge in [0, 0.05) is 11.3 Å². The van der Waals surface area contributed by atoms with Gasteiger partial charge in [-0.15, -0.1) is 0 Å². The number of benzene rings is 3. The Labute approximate surface area is 221 Å². The molecule has 6 nitrogen and oxygen atoms in total. The second-order valence-electron chi connectivity index (χ2n) is 8.99. The van der Waals surface area contributed by atoms with E-state index in [9.17, 15) is 14.4 Å². The topological polar surface area (TPSA) is 66.9 Å². The fourth-order valence-corrected chi connectivity index (χ4v) is 6.44. The Morgan fingerprint density at radius 2 is 1.64 bits per heavy atom. The summed E-state index contributed by atoms with van der Waals surface area (Å²) in [5, 5.41) is 0.308. The van der Waals surface area contributed by atoms with E-state index in [0.29, 0.717) is 26.5 Å². The smallest absolute Gasteiger partial charge is 0.240 e. The Kier molecular flexibility index (Phi) is 5.50. The lowest BCUT2D eigenvalue weighted by molar-refractivity contribution is -0.122. The van der Waals surface area contributed by atoms with Crippen molar-refractivity contribution in [2.45, 2.75) is 12.1 Å². The number of para-hydroxylation sites is 2. The summed E-state index contributed by atoms with van der Waals surface area (Å²) in [5.41, 5.74) is 2.53. The Balaban J connectivity index is 1.50. The molecule has 3 aromatic rings. The van der Waals surface area contributed by atoms with Crippen molar-refractivity contribution in [2.24, 2.45) is 11.8 Å². The SMILES string of the molecule is COc1ccc(C(=O)[C@H]2[C@H]3C(=O)N(c4ccccc4Cl)C(=O)[C@H]3[C@@H]3C=Cc4ccccc4N32)cc1Br. The van der Waals surface area contributed by atoms with Crippen LogP contribution in [0.4, 0.5) is 11.4 Å². The van der Waals surface area contributed by atoms with Crippen LogP contribution in [0.2, 0.25) is 5.02 Å². The van der Waals surface area contributed by atoms with Crippen LogP contribution in [0.5, 0.6) is 5.75 Å². The predicted octanol–water partition coefficient (Wildman–Crippen LogP) is 5.38. The molecule has 6 rings (SSSR count). The quantitative estimate of drug-likeness (QED) is 0.315. The number of halogens is 2. The number of Topliss-reactive ketones (excluding diaryl/α,β-unsaturated/α-hetero) is 1. The number of anilines is 2. The highest BCUT2D eigenvalue weighted by molar-refractivity contribution is 9.10. The number of ketones is 1. The number of hydrogen-bond acceptors (Lipinski definition) is 5. The van der Waals surface area contributed by atoms with Gasteiger partial charge in [0.2, 0.25) is 11.8 Å². The molecule has 0 aliphatic carbocycles. The standard InChI is InChI=1S/C28H20BrClN2O4/c1-36-22-13-11-16(14-17(22)29)26(33)25-24-23(21-12-10-15-6-2-4-8-19(15)31(21)25)27(34)32(28(24)35)20-9-5-3-7-18(20)30/h2-14,21,23-25H,1H3/t21-,23-,24-,25+/m0/s1. The number of hydrogen-bond donors (Lipinski definition) is 0. The highest BCUT2D eigenvalue weighted by Gasteiger charge is 2.64. The fourth-order valence-electron chi connectivity index (χ4n) is 5.67. The van der Waals surface area contributed by atoms with Gasteiger partial charge in [0.25, 0.3) is 0 Å². The van der Waals surface area contributed by atoms with Crippen molar-refractivity contribution in [1.29, 1.82) is 0 Å². The van der Waals surface area contributed by atoms with Gasteiger partial charge in [-0.05, 0) is 57.9 Å². The first-order valence-electron chi connectivity index (χ1n) is 11.5. The lowest BCUT2D eigenvalue weighted by Gasteiger charge is -2.36. The van der Waals surface area contributed by atoms with E-state index < -0.39 is 29.8 Å². The lowest BCUT2D eigenvalue weighted by Crippen LogP contribution is -2.48. The van der Waals surface area contributed by atoms with Crippen molar-refractivity contribution < 1.29 is 19.1 Å². The third kappa shape index (κ3) is 3.26. The normalized spacial score (nSPS) is 24.0. The number of imide groups is 1. The van der Waals surface area contributed by atoms with E-state index in [4.69, 9.17) is 16.3 Å². The molecule has 8 heteroatoms. The molecule has 4 atom stereocenters. The maximum atomic E-state index is 14.1. The van der Waals surface area contributed by atoms with Gasteiger partial charge in [0.1, 0.15) is 11.8 Å². The molecule has 36 heavy (non-hydrogen) atoms. The van der Waals surface area contributed by atoms with Crippen LogP contribution in [0.25, 0.3) is 6.08 Å². The average molecular weight is 564 g/mol. The van der Waals surface area contributed by atoms with Crippen LogP contribution in [0.1, 0.15) is 15.9 Å². The molecule has 0 N–H and O–H groups in total. The molecule has 2 amide bonds. The third-order valence-electron chi connectivity index (χ3n) is 7.21. The zero-order chi connectivity index (χ0) is 25.1. The molecule has 0 radical (unpaired) electrons. The zero-order valence-electron chi connectivity index (χ0n) is 19.1. The van der Waals surface area contributed by atoms with Crippen LogP contribution in [0, 0.1) is 11.8 Å². The minimum absolute atomic E-state index is 0.233. The van der Waals surface area contributed by atoms with E-state index in [1.807, 2.05) is 41.3 Å². The first-order chi connectivity index (χ1) is 17.4. The lowest BCUT2D eigenvalue weighted by atomic mass is 9.86. The van der Waals surface area contributed by atoms with Gasteiger partial charge in [-0.3, -0.25) is 14.4 Å². The minimum atomic E-state index is -0.865. The number of fused-ring (bicyclic) bond motifs is 5. The van der Waals surface area contributed by atoms with Crippen LogP contribution in [0.3, 0.4) is 0 Å². The number of nitrogens with zero attached hydrogens (tertiary/aromatic N) is 2. The third-order valence-corrected chi connectivity index (χ3v) is 8.15. The molecule has 3 aliphatic rings. The van der Waals surface area contributed by atoms with E-state index in [2.05, 4.69) is 15.9 Å². The van der Waals surface area contributed by atoms with Crippen LogP contribution in [0.15, 0.2) is 77.3 Å². The number of methoxy groups -OCH3 is 1. The van der Waals surface area contributed by atoms with Crippen molar-refractivity contribution in [1.82, 2.24) is 0 Å². The summed E-state index contributed by atoms with van der Waals surface area (Å²) in [6, 6.07) is 18.3. The molecule has 0 unspecified atom stereocenters. The summed E-state index contributed by atoms with van der Waals surface area (Å²) in [5.74, 6) is -1.97. The predicted molar refractivity (Wildman–Crippen MR) is 141 cm³/mol. The molecule has 0 saturated carbocycles. The number of rotatable bonds is 4. The van der Waals surface area contributed by atoms with Crippen molar-refractivity contribution >= 4 is 62.6 Å². The van der Waals surface area contributed by atoms with Gasteiger partial charge in [-0.25, -0.2) is 4.90 Å². The molecule has 0 aromatic heterocycles. The van der Waals surface area contributed by atoms with Gasteiger partial charge < -0.3 is 9.64 Å². The van der Waals surface area contributed by atoms with E-state index >= 15 is 0 Å². The second kappa shape index (κ2) is 8.61. The number of ether oxygens (including phenoxy) is 1. The first-order valence-corrected chi connectivity index (χ1v) is 12.6. The van der Waals surface area contributed by atoms with Crippen molar-refractivity contribution in [2.75, 3.05) is 16.9 Å². The summed E-state index contributed by atoms with van der Waals surface area (Å²) >= 11 is 9.84. The van der Waals surface area contributed by atoms with Crippen LogP contribution in [-0.2, 0) is 9.59 Å². The fraction of sp³-hybridized carbons (Fsp3) is 0.179. The molecular formula is C28H20BrClN2O4. The molecule has 3 heterocycles. The molecule has 0 spiro atoms. The molecule has 2 saturated heterocycles. The van der Waals surface area contributed by atoms with E-state index in [1.54, 1.807) is 49.6 Å². The molecule has 3 aliphatic heterocycles. The summed E-state index contributed by atoms with van der Waals surface area (Å²) in [6.07, 6.45) is 3.89. The van der Waals surface area contributed by atoms with Gasteiger partial charge in [0.15, 0.2) is 5.78 Å². The molecular weight excluding hydrogens is 544 g/mol.